The van der Waals surface area contributed by atoms with Gasteiger partial charge in [-0.25, -0.2) is 9.55 Å². The van der Waals surface area contributed by atoms with Crippen LogP contribution in [0.2, 0.25) is 0 Å². The Morgan fingerprint density at radius 3 is 2.88 bits per heavy atom. The van der Waals surface area contributed by atoms with E-state index in [1.807, 2.05) is 0 Å². The van der Waals surface area contributed by atoms with Crippen LogP contribution in [0.4, 0.5) is 4.39 Å². The third-order valence-corrected chi connectivity index (χ3v) is 0.810. The first-order chi connectivity index (χ1) is 3.79. The van der Waals surface area contributed by atoms with Gasteiger partial charge in [-0.1, -0.05) is 0 Å². The largest absolute Gasteiger partial charge is 0.277 e. The molecule has 1 heterocycles. The first-order valence-corrected chi connectivity index (χ1v) is 2.26. The lowest BCUT2D eigenvalue weighted by atomic mass is 10.7. The van der Waals surface area contributed by atoms with Crippen molar-refractivity contribution < 1.29 is 8.96 Å². The van der Waals surface area contributed by atoms with Crippen molar-refractivity contribution in [1.82, 2.24) is 4.98 Å². The van der Waals surface area contributed by atoms with Gasteiger partial charge in [0.1, 0.15) is 7.05 Å². The minimum absolute atomic E-state index is 0.449. The van der Waals surface area contributed by atoms with Gasteiger partial charge in [0.15, 0.2) is 6.20 Å². The molecule has 0 aliphatic heterocycles. The van der Waals surface area contributed by atoms with E-state index in [9.17, 15) is 4.39 Å². The van der Waals surface area contributed by atoms with E-state index in [0.717, 1.165) is 0 Å². The van der Waals surface area contributed by atoms with Crippen LogP contribution in [0.3, 0.4) is 0 Å². The second-order valence-corrected chi connectivity index (χ2v) is 1.54. The molecule has 1 rings (SSSR count). The quantitative estimate of drug-likeness (QED) is 0.434. The Bertz CT molecular complexity index is 170. The molecule has 0 atom stereocenters. The van der Waals surface area contributed by atoms with Gasteiger partial charge in [-0.05, 0) is 0 Å². The number of nitrogens with zero attached hydrogens (tertiary/aromatic N) is 2. The van der Waals surface area contributed by atoms with E-state index in [-0.39, 0.29) is 0 Å². The number of aromatic nitrogens is 2. The third-order valence-electron chi connectivity index (χ3n) is 0.810. The van der Waals surface area contributed by atoms with Crippen molar-refractivity contribution in [2.24, 2.45) is 7.05 Å². The van der Waals surface area contributed by atoms with Crippen LogP contribution in [-0.4, -0.2) is 4.98 Å². The average molecular weight is 113 g/mol. The van der Waals surface area contributed by atoms with Crippen molar-refractivity contribution in [1.29, 1.82) is 0 Å². The summed E-state index contributed by atoms with van der Waals surface area (Å²) >= 11 is 0. The summed E-state index contributed by atoms with van der Waals surface area (Å²) in [5, 5.41) is 0. The van der Waals surface area contributed by atoms with E-state index in [1.54, 1.807) is 17.8 Å². The van der Waals surface area contributed by atoms with E-state index in [0.29, 0.717) is 0 Å². The van der Waals surface area contributed by atoms with E-state index in [4.69, 9.17) is 0 Å². The summed E-state index contributed by atoms with van der Waals surface area (Å²) in [5.41, 5.74) is 0. The fraction of sp³-hybridized carbons (Fsp3) is 0.200. The summed E-state index contributed by atoms with van der Waals surface area (Å²) < 4.78 is 13.6. The van der Waals surface area contributed by atoms with Gasteiger partial charge >= 0.3 is 0 Å². The summed E-state index contributed by atoms with van der Waals surface area (Å²) in [6, 6.07) is 0. The molecule has 0 radical (unpaired) electrons. The topological polar surface area (TPSA) is 16.8 Å². The zero-order valence-electron chi connectivity index (χ0n) is 4.50. The van der Waals surface area contributed by atoms with Crippen molar-refractivity contribution in [2.75, 3.05) is 0 Å². The predicted octanol–water partition coefficient (Wildman–Crippen LogP) is 0.0452. The fourth-order valence-corrected chi connectivity index (χ4v) is 0.454. The maximum Gasteiger partial charge on any atom is 0.277 e. The normalized spacial score (nSPS) is 9.25. The summed E-state index contributed by atoms with van der Waals surface area (Å²) in [4.78, 5) is 3.35. The van der Waals surface area contributed by atoms with Crippen molar-refractivity contribution in [3.8, 4) is 0 Å². The lowest BCUT2D eigenvalue weighted by Gasteiger charge is -1.81. The highest BCUT2D eigenvalue weighted by Gasteiger charge is 1.93. The van der Waals surface area contributed by atoms with E-state index in [1.165, 1.54) is 12.4 Å². The highest BCUT2D eigenvalue weighted by molar-refractivity contribution is 4.67. The number of aryl methyl sites for hydroxylation is 1. The van der Waals surface area contributed by atoms with Gasteiger partial charge < -0.3 is 0 Å². The Balaban J connectivity index is 3.08. The average Bonchev–Trinajstić information content (AvgIpc) is 1.64. The van der Waals surface area contributed by atoms with Gasteiger partial charge in [-0.2, -0.15) is 4.39 Å². The van der Waals surface area contributed by atoms with Crippen molar-refractivity contribution in [3.63, 3.8) is 0 Å². The number of halogens is 1. The standard InChI is InChI=1S/C5H6FN2/c1-8-3-2-7-5(6)4-8/h2-4H,1H3/q+1. The van der Waals surface area contributed by atoms with Crippen LogP contribution in [0.5, 0.6) is 0 Å². The highest BCUT2D eigenvalue weighted by atomic mass is 19.1. The Kier molecular flexibility index (Phi) is 1.20. The van der Waals surface area contributed by atoms with Crippen molar-refractivity contribution in [3.05, 3.63) is 24.5 Å². The van der Waals surface area contributed by atoms with Gasteiger partial charge in [0.25, 0.3) is 5.95 Å². The molecular formula is C5H6FN2+. The number of hydrogen-bond acceptors (Lipinski definition) is 1. The summed E-state index contributed by atoms with van der Waals surface area (Å²) in [7, 11) is 1.74. The van der Waals surface area contributed by atoms with Crippen LogP contribution in [0, 0.1) is 5.95 Å². The van der Waals surface area contributed by atoms with Crippen molar-refractivity contribution >= 4 is 0 Å². The molecule has 0 aromatic carbocycles. The maximum atomic E-state index is 12.0. The lowest BCUT2D eigenvalue weighted by molar-refractivity contribution is -0.673. The molecule has 0 unspecified atom stereocenters. The second-order valence-electron chi connectivity index (χ2n) is 1.54. The molecule has 8 heavy (non-hydrogen) atoms. The SMILES string of the molecule is C[n+]1ccnc(F)c1. The molecule has 0 bridgehead atoms. The zero-order valence-corrected chi connectivity index (χ0v) is 4.50. The van der Waals surface area contributed by atoms with Crippen molar-refractivity contribution in [2.45, 2.75) is 0 Å². The first-order valence-electron chi connectivity index (χ1n) is 2.26. The maximum absolute atomic E-state index is 12.0. The summed E-state index contributed by atoms with van der Waals surface area (Å²) in [5.74, 6) is -0.449. The molecule has 0 aliphatic rings. The van der Waals surface area contributed by atoms with Crippen LogP contribution in [0.15, 0.2) is 18.6 Å². The Morgan fingerprint density at radius 2 is 2.50 bits per heavy atom. The first kappa shape index (κ1) is 5.15. The minimum Gasteiger partial charge on any atom is -0.217 e. The Hall–Kier alpha value is -0.990. The molecule has 0 N–H and O–H groups in total. The molecule has 0 aliphatic carbocycles. The van der Waals surface area contributed by atoms with Gasteiger partial charge in [0.05, 0.1) is 6.20 Å². The smallest absolute Gasteiger partial charge is 0.217 e. The number of rotatable bonds is 0. The monoisotopic (exact) mass is 113 g/mol. The summed E-state index contributed by atoms with van der Waals surface area (Å²) in [6.45, 7) is 0. The Labute approximate surface area is 46.6 Å². The molecular weight excluding hydrogens is 107 g/mol. The van der Waals surface area contributed by atoms with Gasteiger partial charge in [-0.3, -0.25) is 0 Å². The predicted molar refractivity (Wildman–Crippen MR) is 25.4 cm³/mol. The van der Waals surface area contributed by atoms with Crippen LogP contribution in [0.25, 0.3) is 0 Å². The molecule has 0 saturated carbocycles. The molecule has 0 amide bonds. The van der Waals surface area contributed by atoms with Crippen LogP contribution >= 0.6 is 0 Å². The second kappa shape index (κ2) is 1.86. The molecule has 2 nitrogen and oxygen atoms in total. The molecule has 0 saturated heterocycles. The minimum atomic E-state index is -0.449. The number of hydrogen-bond donors (Lipinski definition) is 0. The molecule has 3 heteroatoms. The summed E-state index contributed by atoms with van der Waals surface area (Å²) in [6.07, 6.45) is 4.39. The van der Waals surface area contributed by atoms with Crippen LogP contribution in [0.1, 0.15) is 0 Å². The molecule has 0 fully saturated rings. The molecule has 1 aromatic heterocycles. The fourth-order valence-electron chi connectivity index (χ4n) is 0.454. The third kappa shape index (κ3) is 0.992. The van der Waals surface area contributed by atoms with Gasteiger partial charge in [-0.15, -0.1) is 0 Å². The van der Waals surface area contributed by atoms with E-state index >= 15 is 0 Å². The molecule has 1 aromatic rings. The van der Waals surface area contributed by atoms with Crippen LogP contribution < -0.4 is 4.57 Å². The zero-order chi connectivity index (χ0) is 5.98. The van der Waals surface area contributed by atoms with Gasteiger partial charge in [0, 0.05) is 0 Å². The lowest BCUT2D eigenvalue weighted by Crippen LogP contribution is -2.27. The Morgan fingerprint density at radius 1 is 1.75 bits per heavy atom. The van der Waals surface area contributed by atoms with Crippen LogP contribution in [-0.2, 0) is 7.05 Å². The van der Waals surface area contributed by atoms with Gasteiger partial charge in [0.2, 0.25) is 6.20 Å². The van der Waals surface area contributed by atoms with E-state index < -0.39 is 5.95 Å². The molecule has 42 valence electrons. The highest BCUT2D eigenvalue weighted by Crippen LogP contribution is 1.79. The molecule has 0 spiro atoms. The van der Waals surface area contributed by atoms with E-state index in [2.05, 4.69) is 4.98 Å².